The van der Waals surface area contributed by atoms with Crippen LogP contribution in [0.1, 0.15) is 108 Å². The highest BCUT2D eigenvalue weighted by Gasteiger charge is 2.40. The van der Waals surface area contributed by atoms with Crippen molar-refractivity contribution in [1.29, 1.82) is 0 Å². The Bertz CT molecular complexity index is 1200. The van der Waals surface area contributed by atoms with E-state index >= 15 is 0 Å². The first-order valence-corrected chi connectivity index (χ1v) is 15.9. The second-order valence-electron chi connectivity index (χ2n) is 11.9. The van der Waals surface area contributed by atoms with E-state index in [0.29, 0.717) is 6.04 Å². The van der Waals surface area contributed by atoms with Crippen LogP contribution in [0, 0.1) is 0 Å². The van der Waals surface area contributed by atoms with Crippen LogP contribution in [-0.4, -0.2) is 4.57 Å². The molecular weight excluding hydrogens is 484 g/mol. The van der Waals surface area contributed by atoms with E-state index in [0.717, 1.165) is 6.42 Å². The third-order valence-corrected chi connectivity index (χ3v) is 8.74. The third-order valence-electron chi connectivity index (χ3n) is 8.74. The number of para-hydroxylation sites is 1. The van der Waals surface area contributed by atoms with Crippen molar-refractivity contribution in [2.24, 2.45) is 0 Å². The first kappa shape index (κ1) is 29.8. The minimum Gasteiger partial charge on any atom is -0.233 e. The maximum atomic E-state index is 2.50. The highest BCUT2D eigenvalue weighted by atomic mass is 15.1. The number of nitrogens with zero attached hydrogens (tertiary/aromatic N) is 2. The normalized spacial score (nSPS) is 13.7. The van der Waals surface area contributed by atoms with Crippen LogP contribution >= 0.6 is 0 Å². The summed E-state index contributed by atoms with van der Waals surface area (Å²) in [5.74, 6) is 0. The Morgan fingerprint density at radius 2 is 1.18 bits per heavy atom. The van der Waals surface area contributed by atoms with Gasteiger partial charge in [0.25, 0.3) is 0 Å². The lowest BCUT2D eigenvalue weighted by molar-refractivity contribution is -0.732. The lowest BCUT2D eigenvalue weighted by Gasteiger charge is -2.37. The van der Waals surface area contributed by atoms with Gasteiger partial charge < -0.3 is 0 Å². The van der Waals surface area contributed by atoms with Gasteiger partial charge in [0.05, 0.1) is 0 Å². The van der Waals surface area contributed by atoms with Crippen LogP contribution in [0.15, 0.2) is 110 Å². The van der Waals surface area contributed by atoms with Crippen molar-refractivity contribution < 1.29 is 4.57 Å². The number of rotatable bonds is 18. The molecule has 2 nitrogen and oxygen atoms in total. The van der Waals surface area contributed by atoms with Crippen LogP contribution in [0.2, 0.25) is 0 Å². The van der Waals surface area contributed by atoms with Gasteiger partial charge in [-0.05, 0) is 42.5 Å². The van der Waals surface area contributed by atoms with E-state index < -0.39 is 0 Å². The summed E-state index contributed by atoms with van der Waals surface area (Å²) >= 11 is 0. The van der Waals surface area contributed by atoms with Crippen LogP contribution in [0.5, 0.6) is 0 Å². The van der Waals surface area contributed by atoms with Crippen LogP contribution in [-0.2, 0) is 11.8 Å². The van der Waals surface area contributed by atoms with Gasteiger partial charge in [-0.25, -0.2) is 9.13 Å². The fourth-order valence-electron chi connectivity index (χ4n) is 6.36. The molecule has 1 aromatic heterocycles. The molecule has 4 rings (SSSR count). The Balaban J connectivity index is 1.49. The van der Waals surface area contributed by atoms with Gasteiger partial charge in [0.2, 0.25) is 6.33 Å². The monoisotopic (exact) mass is 535 g/mol. The van der Waals surface area contributed by atoms with Gasteiger partial charge in [0, 0.05) is 5.41 Å². The summed E-state index contributed by atoms with van der Waals surface area (Å²) in [5, 5.41) is 0. The van der Waals surface area contributed by atoms with E-state index in [-0.39, 0.29) is 5.41 Å². The van der Waals surface area contributed by atoms with E-state index in [2.05, 4.69) is 133 Å². The first-order chi connectivity index (χ1) is 19.7. The fourth-order valence-corrected chi connectivity index (χ4v) is 6.36. The summed E-state index contributed by atoms with van der Waals surface area (Å²) < 4.78 is 4.76. The zero-order valence-corrected chi connectivity index (χ0v) is 25.1. The molecule has 0 saturated carbocycles. The van der Waals surface area contributed by atoms with E-state index in [1.165, 1.54) is 93.9 Å². The van der Waals surface area contributed by atoms with Crippen molar-refractivity contribution >= 4 is 0 Å². The predicted octanol–water partition coefficient (Wildman–Crippen LogP) is 10.2. The van der Waals surface area contributed by atoms with Crippen molar-refractivity contribution in [1.82, 2.24) is 4.57 Å². The molecule has 0 spiro atoms. The molecule has 0 aliphatic carbocycles. The van der Waals surface area contributed by atoms with Gasteiger partial charge in [-0.3, -0.25) is 0 Å². The van der Waals surface area contributed by atoms with Crippen molar-refractivity contribution in [2.75, 3.05) is 0 Å². The molecule has 2 unspecified atom stereocenters. The Hall–Kier alpha value is -3.13. The van der Waals surface area contributed by atoms with Crippen LogP contribution in [0.4, 0.5) is 0 Å². The maximum absolute atomic E-state index is 2.50. The average molecular weight is 536 g/mol. The number of imidazole rings is 1. The maximum Gasteiger partial charge on any atom is 0.249 e. The van der Waals surface area contributed by atoms with Crippen LogP contribution in [0.25, 0.3) is 5.69 Å². The smallest absolute Gasteiger partial charge is 0.233 e. The average Bonchev–Trinajstić information content (AvgIpc) is 3.49. The number of hydrogen-bond donors (Lipinski definition) is 0. The SMILES string of the molecule is CCCCCCCCCCCCCC([n+]1ccn(-c2ccccc2)c1)C(C)(Cc1ccccc1)c1ccccc1. The lowest BCUT2D eigenvalue weighted by atomic mass is 9.70. The van der Waals surface area contributed by atoms with Crippen molar-refractivity contribution in [2.45, 2.75) is 109 Å². The van der Waals surface area contributed by atoms with Gasteiger partial charge in [-0.15, -0.1) is 0 Å². The molecule has 212 valence electrons. The summed E-state index contributed by atoms with van der Waals surface area (Å²) in [6.07, 6.45) is 24.2. The molecule has 0 bridgehead atoms. The van der Waals surface area contributed by atoms with E-state index in [1.54, 1.807) is 0 Å². The topological polar surface area (TPSA) is 8.81 Å². The molecule has 4 aromatic rings. The van der Waals surface area contributed by atoms with Gasteiger partial charge in [0.15, 0.2) is 0 Å². The molecule has 0 N–H and O–H groups in total. The van der Waals surface area contributed by atoms with Gasteiger partial charge in [-0.2, -0.15) is 0 Å². The standard InChI is InChI=1S/C38H51N2/c1-3-4-5-6-7-8-9-10-11-12-22-29-37(40-31-30-39(33-40)36-27-20-15-21-28-36)38(2,35-25-18-14-19-26-35)32-34-23-16-13-17-24-34/h13-21,23-28,30-31,33,37H,3-12,22,29,32H2,1-2H3/q+1. The quantitative estimate of drug-likeness (QED) is 0.0885. The summed E-state index contributed by atoms with van der Waals surface area (Å²) in [6.45, 7) is 4.79. The predicted molar refractivity (Wildman–Crippen MR) is 170 cm³/mol. The lowest BCUT2D eigenvalue weighted by Crippen LogP contribution is -2.50. The van der Waals surface area contributed by atoms with Crippen molar-refractivity contribution in [3.63, 3.8) is 0 Å². The van der Waals surface area contributed by atoms with Crippen molar-refractivity contribution in [3.05, 3.63) is 121 Å². The molecule has 40 heavy (non-hydrogen) atoms. The largest absolute Gasteiger partial charge is 0.249 e. The molecule has 0 radical (unpaired) electrons. The fraction of sp³-hybridized carbons (Fsp3) is 0.447. The molecule has 2 atom stereocenters. The molecule has 1 heterocycles. The number of benzene rings is 3. The zero-order chi connectivity index (χ0) is 27.9. The minimum atomic E-state index is -0.0331. The Kier molecular flexibility index (Phi) is 12.1. The Labute approximate surface area is 244 Å². The summed E-state index contributed by atoms with van der Waals surface area (Å²) in [4.78, 5) is 0. The molecular formula is C38H51N2+. The molecule has 0 aliphatic rings. The van der Waals surface area contributed by atoms with Crippen molar-refractivity contribution in [3.8, 4) is 5.69 Å². The van der Waals surface area contributed by atoms with Crippen LogP contribution < -0.4 is 4.57 Å². The van der Waals surface area contributed by atoms with E-state index in [4.69, 9.17) is 0 Å². The van der Waals surface area contributed by atoms with E-state index in [1.807, 2.05) is 0 Å². The molecule has 3 aromatic carbocycles. The molecule has 0 aliphatic heterocycles. The second-order valence-corrected chi connectivity index (χ2v) is 11.9. The molecule has 0 fully saturated rings. The highest BCUT2D eigenvalue weighted by Crippen LogP contribution is 2.39. The first-order valence-electron chi connectivity index (χ1n) is 15.9. The molecule has 2 heteroatoms. The zero-order valence-electron chi connectivity index (χ0n) is 25.1. The molecule has 0 saturated heterocycles. The van der Waals surface area contributed by atoms with Gasteiger partial charge in [-0.1, -0.05) is 157 Å². The molecule has 0 amide bonds. The Morgan fingerprint density at radius 3 is 1.77 bits per heavy atom. The van der Waals surface area contributed by atoms with Gasteiger partial charge in [0.1, 0.15) is 24.1 Å². The van der Waals surface area contributed by atoms with Crippen LogP contribution in [0.3, 0.4) is 0 Å². The highest BCUT2D eigenvalue weighted by molar-refractivity contribution is 5.31. The summed E-state index contributed by atoms with van der Waals surface area (Å²) in [5.41, 5.74) is 4.00. The number of unbranched alkanes of at least 4 members (excludes halogenated alkanes) is 10. The van der Waals surface area contributed by atoms with E-state index in [9.17, 15) is 0 Å². The second kappa shape index (κ2) is 16.2. The number of aromatic nitrogens is 2. The Morgan fingerprint density at radius 1 is 0.650 bits per heavy atom. The third kappa shape index (κ3) is 8.68. The minimum absolute atomic E-state index is 0.0331. The summed E-state index contributed by atoms with van der Waals surface area (Å²) in [7, 11) is 0. The number of hydrogen-bond acceptors (Lipinski definition) is 0. The van der Waals surface area contributed by atoms with Gasteiger partial charge >= 0.3 is 0 Å². The summed E-state index contributed by atoms with van der Waals surface area (Å²) in [6, 6.07) is 33.3.